The Balaban J connectivity index is 1.35. The van der Waals surface area contributed by atoms with Crippen molar-refractivity contribution in [3.8, 4) is 5.75 Å². The number of allylic oxidation sites excluding steroid dienone is 1. The van der Waals surface area contributed by atoms with Crippen LogP contribution in [0, 0.1) is 5.92 Å². The third kappa shape index (κ3) is 8.88. The number of sulfonamides is 1. The lowest BCUT2D eigenvalue weighted by Crippen LogP contribution is -2.62. The number of hydrogen-bond acceptors (Lipinski definition) is 8. The molecule has 1 saturated heterocycles. The van der Waals surface area contributed by atoms with Gasteiger partial charge in [-0.15, -0.1) is 6.58 Å². The van der Waals surface area contributed by atoms with Crippen LogP contribution in [-0.4, -0.2) is 79.3 Å². The molecule has 4 amide bonds. The SMILES string of the molecule is C=CC[C@@](C)(NC(=O)[C@@H]1C[C@@H]2CN1C(=O)[C@H](C1CCCCC1)NC(=O)OCCCCCC(=C)c1c(ccc3ccccc13)O2)C(=O)NS(=O)(=O)C1CC1. The fraction of sp³-hybridized carbons (Fsp3) is 0.550. The van der Waals surface area contributed by atoms with Crippen LogP contribution in [0.2, 0.25) is 0 Å². The molecular formula is C40H52N4O8S. The molecule has 2 heterocycles. The van der Waals surface area contributed by atoms with Crippen LogP contribution in [-0.2, 0) is 29.1 Å². The lowest BCUT2D eigenvalue weighted by molar-refractivity contribution is -0.142. The number of rotatable bonds is 8. The lowest BCUT2D eigenvalue weighted by atomic mass is 9.83. The first-order valence-corrected chi connectivity index (χ1v) is 20.5. The van der Waals surface area contributed by atoms with E-state index in [4.69, 9.17) is 9.47 Å². The summed E-state index contributed by atoms with van der Waals surface area (Å²) in [4.78, 5) is 57.2. The van der Waals surface area contributed by atoms with Gasteiger partial charge in [0, 0.05) is 12.0 Å². The van der Waals surface area contributed by atoms with Crippen LogP contribution in [0.15, 0.2) is 55.6 Å². The van der Waals surface area contributed by atoms with Gasteiger partial charge in [0.1, 0.15) is 29.5 Å². The molecule has 4 aliphatic rings. The van der Waals surface area contributed by atoms with E-state index in [-0.39, 0.29) is 31.9 Å². The number of cyclic esters (lactones) is 1. The molecule has 2 aromatic rings. The number of carbonyl (C=O) groups is 4. The normalized spacial score (nSPS) is 24.8. The van der Waals surface area contributed by atoms with Gasteiger partial charge in [-0.3, -0.25) is 19.1 Å². The zero-order valence-electron chi connectivity index (χ0n) is 30.6. The molecule has 2 saturated carbocycles. The van der Waals surface area contributed by atoms with Crippen LogP contribution >= 0.6 is 0 Å². The van der Waals surface area contributed by atoms with Crippen molar-refractivity contribution in [2.24, 2.45) is 5.92 Å². The number of fused-ring (bicyclic) bond motifs is 5. The fourth-order valence-corrected chi connectivity index (χ4v) is 9.33. The zero-order valence-corrected chi connectivity index (χ0v) is 31.4. The quantitative estimate of drug-likeness (QED) is 0.298. The van der Waals surface area contributed by atoms with Crippen molar-refractivity contribution in [3.63, 3.8) is 0 Å². The minimum absolute atomic E-state index is 0.0377. The molecule has 3 N–H and O–H groups in total. The number of nitrogens with one attached hydrogen (secondary N) is 3. The number of amides is 4. The molecule has 0 radical (unpaired) electrons. The number of ether oxygens (including phenoxy) is 2. The van der Waals surface area contributed by atoms with Gasteiger partial charge < -0.3 is 25.0 Å². The number of benzene rings is 2. The Morgan fingerprint density at radius 2 is 1.75 bits per heavy atom. The molecule has 13 heteroatoms. The highest BCUT2D eigenvalue weighted by Gasteiger charge is 2.48. The summed E-state index contributed by atoms with van der Waals surface area (Å²) < 4.78 is 39.9. The number of carbonyl (C=O) groups excluding carboxylic acids is 4. The Kier molecular flexibility index (Phi) is 11.8. The predicted molar refractivity (Wildman–Crippen MR) is 202 cm³/mol. The van der Waals surface area contributed by atoms with Gasteiger partial charge in [0.15, 0.2) is 0 Å². The van der Waals surface area contributed by atoms with Gasteiger partial charge in [-0.2, -0.15) is 0 Å². The average molecular weight is 749 g/mol. The van der Waals surface area contributed by atoms with Crippen LogP contribution in [0.25, 0.3) is 16.3 Å². The van der Waals surface area contributed by atoms with Crippen molar-refractivity contribution in [1.29, 1.82) is 0 Å². The first-order chi connectivity index (χ1) is 25.4. The second kappa shape index (κ2) is 16.3. The summed E-state index contributed by atoms with van der Waals surface area (Å²) in [6.07, 6.45) is 8.39. The fourth-order valence-electron chi connectivity index (χ4n) is 7.92. The van der Waals surface area contributed by atoms with Gasteiger partial charge in [0.2, 0.25) is 21.8 Å². The maximum Gasteiger partial charge on any atom is 0.407 e. The maximum absolute atomic E-state index is 14.7. The summed E-state index contributed by atoms with van der Waals surface area (Å²) in [6, 6.07) is 9.85. The van der Waals surface area contributed by atoms with Gasteiger partial charge in [0.05, 0.1) is 18.4 Å². The van der Waals surface area contributed by atoms with E-state index >= 15 is 0 Å². The Bertz CT molecular complexity index is 1850. The third-order valence-electron chi connectivity index (χ3n) is 11.1. The molecule has 0 spiro atoms. The van der Waals surface area contributed by atoms with E-state index in [2.05, 4.69) is 28.5 Å². The highest BCUT2D eigenvalue weighted by Crippen LogP contribution is 2.38. The molecular weight excluding hydrogens is 697 g/mol. The summed E-state index contributed by atoms with van der Waals surface area (Å²) in [7, 11) is -3.91. The van der Waals surface area contributed by atoms with E-state index in [0.29, 0.717) is 31.4 Å². The molecule has 6 rings (SSSR count). The first kappa shape index (κ1) is 38.3. The van der Waals surface area contributed by atoms with Crippen molar-refractivity contribution in [1.82, 2.24) is 20.3 Å². The van der Waals surface area contributed by atoms with Crippen LogP contribution in [0.5, 0.6) is 5.75 Å². The Labute approximate surface area is 312 Å². The molecule has 2 aromatic carbocycles. The second-order valence-corrected chi connectivity index (χ2v) is 17.2. The smallest absolute Gasteiger partial charge is 0.407 e. The summed E-state index contributed by atoms with van der Waals surface area (Å²) in [5.41, 5.74) is 0.0826. The molecule has 53 heavy (non-hydrogen) atoms. The van der Waals surface area contributed by atoms with Gasteiger partial charge in [-0.25, -0.2) is 13.2 Å². The topological polar surface area (TPSA) is 160 Å². The molecule has 286 valence electrons. The average Bonchev–Trinajstić information content (AvgIpc) is 3.92. The van der Waals surface area contributed by atoms with Crippen LogP contribution < -0.4 is 20.1 Å². The number of nitrogens with zero attached hydrogens (tertiary/aromatic N) is 1. The number of hydrogen-bond donors (Lipinski definition) is 3. The van der Waals surface area contributed by atoms with Crippen molar-refractivity contribution in [2.45, 2.75) is 119 Å². The highest BCUT2D eigenvalue weighted by atomic mass is 32.2. The van der Waals surface area contributed by atoms with E-state index in [1.165, 1.54) is 17.9 Å². The maximum atomic E-state index is 14.7. The Hall–Kier alpha value is -4.39. The van der Waals surface area contributed by atoms with E-state index in [1.807, 2.05) is 36.4 Å². The van der Waals surface area contributed by atoms with Crippen LogP contribution in [0.3, 0.4) is 0 Å². The Morgan fingerprint density at radius 1 is 1.02 bits per heavy atom. The van der Waals surface area contributed by atoms with Gasteiger partial charge in [-0.1, -0.05) is 62.2 Å². The largest absolute Gasteiger partial charge is 0.488 e. The third-order valence-corrected chi connectivity index (χ3v) is 12.9. The molecule has 3 fully saturated rings. The Morgan fingerprint density at radius 3 is 2.49 bits per heavy atom. The molecule has 4 atom stereocenters. The van der Waals surface area contributed by atoms with Crippen molar-refractivity contribution < 1.29 is 37.1 Å². The second-order valence-electron chi connectivity index (χ2n) is 15.2. The molecule has 0 aromatic heterocycles. The van der Waals surface area contributed by atoms with Gasteiger partial charge in [0.25, 0.3) is 5.91 Å². The summed E-state index contributed by atoms with van der Waals surface area (Å²) in [5.74, 6) is -1.52. The van der Waals surface area contributed by atoms with Crippen molar-refractivity contribution in [3.05, 3.63) is 61.2 Å². The molecule has 2 aliphatic carbocycles. The minimum Gasteiger partial charge on any atom is -0.488 e. The first-order valence-electron chi connectivity index (χ1n) is 19.0. The number of alkyl carbamates (subject to hydrolysis) is 1. The molecule has 2 bridgehead atoms. The van der Waals surface area contributed by atoms with Gasteiger partial charge in [-0.05, 0) is 93.0 Å². The van der Waals surface area contributed by atoms with E-state index < -0.39 is 62.8 Å². The summed E-state index contributed by atoms with van der Waals surface area (Å²) in [5, 5.41) is 7.01. The monoisotopic (exact) mass is 748 g/mol. The summed E-state index contributed by atoms with van der Waals surface area (Å²) in [6.45, 7) is 9.85. The molecule has 12 nitrogen and oxygen atoms in total. The lowest BCUT2D eigenvalue weighted by Gasteiger charge is -2.35. The van der Waals surface area contributed by atoms with E-state index in [9.17, 15) is 27.6 Å². The van der Waals surface area contributed by atoms with Crippen LogP contribution in [0.4, 0.5) is 4.79 Å². The zero-order chi connectivity index (χ0) is 37.8. The van der Waals surface area contributed by atoms with E-state index in [0.717, 1.165) is 66.9 Å². The van der Waals surface area contributed by atoms with Crippen LogP contribution in [0.1, 0.15) is 96.0 Å². The van der Waals surface area contributed by atoms with Crippen molar-refractivity contribution in [2.75, 3.05) is 13.2 Å². The van der Waals surface area contributed by atoms with Gasteiger partial charge >= 0.3 is 6.09 Å². The minimum atomic E-state index is -3.91. The molecule has 2 aliphatic heterocycles. The standard InChI is InChI=1S/C40H52N4O8S/c1-4-22-40(3,38(47)43-53(49,50)30-19-20-30)42-36(45)32-24-29-25-44(32)37(46)35(28-15-8-5-9-16-28)41-39(48)51-23-12-6-7-13-26(2)34-31-17-11-10-14-27(31)18-21-33(34)52-29/h4,10-11,14,17-18,21,28-30,32,35H,1-2,5-9,12-13,15-16,19-20,22-25H2,3H3,(H,41,48)(H,42,45)(H,43,47)/t29-,32+,35+,40-/m1/s1. The molecule has 0 unspecified atom stereocenters. The van der Waals surface area contributed by atoms with E-state index in [1.54, 1.807) is 0 Å². The summed E-state index contributed by atoms with van der Waals surface area (Å²) >= 11 is 0. The predicted octanol–water partition coefficient (Wildman–Crippen LogP) is 5.51. The highest BCUT2D eigenvalue weighted by molar-refractivity contribution is 7.91. The van der Waals surface area contributed by atoms with Crippen molar-refractivity contribution >= 4 is 50.2 Å².